The molecule has 0 N–H and O–H groups in total. The molecule has 1 aromatic heterocycles. The monoisotopic (exact) mass is 269 g/mol. The van der Waals surface area contributed by atoms with Crippen LogP contribution in [0.1, 0.15) is 24.1 Å². The Balaban J connectivity index is 1.75. The third-order valence-corrected chi connectivity index (χ3v) is 5.13. The summed E-state index contributed by atoms with van der Waals surface area (Å²) in [5.74, 6) is 1.12. The van der Waals surface area contributed by atoms with Crippen molar-refractivity contribution in [2.75, 3.05) is 19.3 Å². The zero-order valence-electron chi connectivity index (χ0n) is 10.2. The molecule has 2 nitrogen and oxygen atoms in total. The summed E-state index contributed by atoms with van der Waals surface area (Å²) in [5.41, 5.74) is 0.234. The van der Waals surface area contributed by atoms with E-state index in [0.717, 1.165) is 18.7 Å². The van der Waals surface area contributed by atoms with E-state index in [1.54, 1.807) is 11.3 Å². The van der Waals surface area contributed by atoms with Crippen LogP contribution < -0.4 is 0 Å². The van der Waals surface area contributed by atoms with E-state index >= 15 is 0 Å². The fraction of sp³-hybridized carbons (Fsp3) is 0.615. The van der Waals surface area contributed by atoms with E-state index in [1.165, 1.54) is 17.7 Å². The fourth-order valence-electron chi connectivity index (χ4n) is 1.88. The Morgan fingerprint density at radius 3 is 2.88 bits per heavy atom. The van der Waals surface area contributed by atoms with Crippen molar-refractivity contribution in [2.45, 2.75) is 25.7 Å². The predicted molar refractivity (Wildman–Crippen MR) is 75.8 cm³/mol. The second-order valence-electron chi connectivity index (χ2n) is 4.98. The normalized spacial score (nSPS) is 16.8. The summed E-state index contributed by atoms with van der Waals surface area (Å²) < 4.78 is 0. The fourth-order valence-corrected chi connectivity index (χ4v) is 3.01. The van der Waals surface area contributed by atoms with Gasteiger partial charge in [-0.1, -0.05) is 6.07 Å². The Morgan fingerprint density at radius 1 is 1.59 bits per heavy atom. The van der Waals surface area contributed by atoms with E-state index in [-0.39, 0.29) is 11.3 Å². The van der Waals surface area contributed by atoms with E-state index in [0.29, 0.717) is 6.42 Å². The first-order chi connectivity index (χ1) is 8.15. The lowest BCUT2D eigenvalue weighted by Crippen LogP contribution is -2.31. The number of hydrogen-bond acceptors (Lipinski definition) is 3. The molecule has 1 amide bonds. The Kier molecular flexibility index (Phi) is 4.15. The zero-order valence-corrected chi connectivity index (χ0v) is 11.9. The molecule has 0 spiro atoms. The van der Waals surface area contributed by atoms with Crippen LogP contribution >= 0.6 is 24.0 Å². The van der Waals surface area contributed by atoms with E-state index in [9.17, 15) is 4.79 Å². The van der Waals surface area contributed by atoms with Gasteiger partial charge in [-0.3, -0.25) is 4.79 Å². The molecule has 1 heterocycles. The molecule has 1 fully saturated rings. The first-order valence-electron chi connectivity index (χ1n) is 6.02. The van der Waals surface area contributed by atoms with Crippen LogP contribution in [0.4, 0.5) is 0 Å². The van der Waals surface area contributed by atoms with Crippen LogP contribution in [0.25, 0.3) is 0 Å². The van der Waals surface area contributed by atoms with Gasteiger partial charge in [0, 0.05) is 24.9 Å². The Bertz CT molecular complexity index is 371. The number of thiophene rings is 1. The van der Waals surface area contributed by atoms with E-state index in [2.05, 4.69) is 30.1 Å². The average molecular weight is 269 g/mol. The maximum atomic E-state index is 12.0. The van der Waals surface area contributed by atoms with E-state index in [1.807, 2.05) is 11.9 Å². The van der Waals surface area contributed by atoms with Crippen LogP contribution in [0.5, 0.6) is 0 Å². The molecule has 17 heavy (non-hydrogen) atoms. The summed E-state index contributed by atoms with van der Waals surface area (Å²) in [7, 11) is 1.91. The van der Waals surface area contributed by atoms with Crippen molar-refractivity contribution in [3.8, 4) is 0 Å². The van der Waals surface area contributed by atoms with Gasteiger partial charge < -0.3 is 4.90 Å². The molecule has 0 aliphatic heterocycles. The third-order valence-electron chi connectivity index (χ3n) is 3.52. The molecule has 1 saturated carbocycles. The van der Waals surface area contributed by atoms with Gasteiger partial charge in [-0.15, -0.1) is 11.3 Å². The Labute approximate surface area is 112 Å². The molecule has 0 aromatic carbocycles. The molecule has 1 aliphatic rings. The first kappa shape index (κ1) is 13.0. The minimum Gasteiger partial charge on any atom is -0.345 e. The van der Waals surface area contributed by atoms with Crippen molar-refractivity contribution in [1.82, 2.24) is 4.90 Å². The first-order valence-corrected chi connectivity index (χ1v) is 7.54. The van der Waals surface area contributed by atoms with Crippen LogP contribution in [0.15, 0.2) is 17.5 Å². The van der Waals surface area contributed by atoms with Gasteiger partial charge in [-0.25, -0.2) is 0 Å². The van der Waals surface area contributed by atoms with E-state index in [4.69, 9.17) is 0 Å². The molecule has 2 rings (SSSR count). The molecule has 1 aromatic rings. The highest BCUT2D eigenvalue weighted by Gasteiger charge is 2.43. The number of carbonyl (C=O) groups is 1. The average Bonchev–Trinajstić information content (AvgIpc) is 2.91. The van der Waals surface area contributed by atoms with Crippen LogP contribution in [0.2, 0.25) is 0 Å². The topological polar surface area (TPSA) is 20.3 Å². The van der Waals surface area contributed by atoms with Crippen LogP contribution in [-0.4, -0.2) is 30.2 Å². The lowest BCUT2D eigenvalue weighted by atomic mass is 10.0. The highest BCUT2D eigenvalue weighted by Crippen LogP contribution is 2.49. The van der Waals surface area contributed by atoms with Gasteiger partial charge in [0.2, 0.25) is 5.91 Å². The molecule has 94 valence electrons. The summed E-state index contributed by atoms with van der Waals surface area (Å²) >= 11 is 6.10. The maximum Gasteiger partial charge on any atom is 0.222 e. The maximum absolute atomic E-state index is 12.0. The van der Waals surface area contributed by atoms with Crippen LogP contribution in [0.3, 0.4) is 0 Å². The Hall–Kier alpha value is -0.480. The molecule has 0 atom stereocenters. The zero-order chi connectivity index (χ0) is 12.3. The van der Waals surface area contributed by atoms with Gasteiger partial charge >= 0.3 is 0 Å². The number of likely N-dealkylation sites (N-methyl/N-ethyl adjacent to an activating group) is 1. The van der Waals surface area contributed by atoms with Crippen molar-refractivity contribution >= 4 is 29.9 Å². The van der Waals surface area contributed by atoms with Gasteiger partial charge in [0.05, 0.1) is 0 Å². The largest absolute Gasteiger partial charge is 0.345 e. The summed E-state index contributed by atoms with van der Waals surface area (Å²) in [6.45, 7) is 0.821. The number of amides is 1. The highest BCUT2D eigenvalue weighted by atomic mass is 32.1. The van der Waals surface area contributed by atoms with Gasteiger partial charge in [0.25, 0.3) is 0 Å². The van der Waals surface area contributed by atoms with Crippen LogP contribution in [-0.2, 0) is 11.2 Å². The second-order valence-corrected chi connectivity index (χ2v) is 6.33. The molecular weight excluding hydrogens is 250 g/mol. The minimum atomic E-state index is 0.234. The van der Waals surface area contributed by atoms with Gasteiger partial charge in [-0.05, 0) is 41.9 Å². The number of hydrogen-bond donors (Lipinski definition) is 1. The number of thiol groups is 1. The van der Waals surface area contributed by atoms with Crippen molar-refractivity contribution in [3.05, 3.63) is 22.4 Å². The van der Waals surface area contributed by atoms with Gasteiger partial charge in [0.1, 0.15) is 0 Å². The van der Waals surface area contributed by atoms with Gasteiger partial charge in [-0.2, -0.15) is 12.6 Å². The summed E-state index contributed by atoms with van der Waals surface area (Å²) in [4.78, 5) is 15.2. The SMILES string of the molecule is CN(CCc1cccs1)C(=O)CC1(CS)CC1. The molecule has 1 aliphatic carbocycles. The van der Waals surface area contributed by atoms with Gasteiger partial charge in [0.15, 0.2) is 0 Å². The minimum absolute atomic E-state index is 0.234. The lowest BCUT2D eigenvalue weighted by molar-refractivity contribution is -0.131. The predicted octanol–water partition coefficient (Wildman–Crippen LogP) is 2.85. The van der Waals surface area contributed by atoms with Crippen molar-refractivity contribution in [2.24, 2.45) is 5.41 Å². The smallest absolute Gasteiger partial charge is 0.222 e. The summed E-state index contributed by atoms with van der Waals surface area (Å²) in [6.07, 6.45) is 3.98. The highest BCUT2D eigenvalue weighted by molar-refractivity contribution is 7.80. The summed E-state index contributed by atoms with van der Waals surface area (Å²) in [6, 6.07) is 4.18. The molecular formula is C13H19NOS2. The number of carbonyl (C=O) groups excluding carboxylic acids is 1. The van der Waals surface area contributed by atoms with Crippen molar-refractivity contribution in [3.63, 3.8) is 0 Å². The number of rotatable bonds is 6. The molecule has 4 heteroatoms. The molecule has 0 unspecified atom stereocenters. The van der Waals surface area contributed by atoms with Crippen LogP contribution in [0, 0.1) is 5.41 Å². The number of nitrogens with zero attached hydrogens (tertiary/aromatic N) is 1. The van der Waals surface area contributed by atoms with Crippen molar-refractivity contribution < 1.29 is 4.79 Å². The molecule has 0 bridgehead atoms. The molecule has 0 saturated heterocycles. The van der Waals surface area contributed by atoms with E-state index < -0.39 is 0 Å². The van der Waals surface area contributed by atoms with Crippen molar-refractivity contribution in [1.29, 1.82) is 0 Å². The molecule has 0 radical (unpaired) electrons. The standard InChI is InChI=1S/C13H19NOS2/c1-14(7-4-11-3-2-8-17-11)12(15)9-13(10-16)5-6-13/h2-3,8,16H,4-7,9-10H2,1H3. The summed E-state index contributed by atoms with van der Waals surface area (Å²) in [5, 5.41) is 2.08. The second kappa shape index (κ2) is 5.44. The third kappa shape index (κ3) is 3.49. The quantitative estimate of drug-likeness (QED) is 0.787. The lowest BCUT2D eigenvalue weighted by Gasteiger charge is -2.20. The Morgan fingerprint density at radius 2 is 2.35 bits per heavy atom.